The van der Waals surface area contributed by atoms with E-state index in [2.05, 4.69) is 10.2 Å². The van der Waals surface area contributed by atoms with E-state index in [4.69, 9.17) is 15.2 Å². The Morgan fingerprint density at radius 2 is 2.07 bits per heavy atom. The number of benzene rings is 1. The average Bonchev–Trinajstić information content (AvgIpc) is 3.26. The number of halogens is 1. The Morgan fingerprint density at radius 3 is 2.69 bits per heavy atom. The van der Waals surface area contributed by atoms with Crippen molar-refractivity contribution in [3.63, 3.8) is 0 Å². The minimum Gasteiger partial charge on any atom is -0.450 e. The fourth-order valence-electron chi connectivity index (χ4n) is 3.67. The number of hydrogen-bond acceptors (Lipinski definition) is 6. The molecular weight excluding hydrogens is 383 g/mol. The van der Waals surface area contributed by atoms with Gasteiger partial charge in [-0.3, -0.25) is 4.79 Å². The summed E-state index contributed by atoms with van der Waals surface area (Å²) in [5.41, 5.74) is 6.70. The summed E-state index contributed by atoms with van der Waals surface area (Å²) < 4.78 is 24.2. The van der Waals surface area contributed by atoms with Gasteiger partial charge in [-0.15, -0.1) is 5.12 Å². The maximum atomic E-state index is 14.3. The molecule has 2 aliphatic heterocycles. The first-order chi connectivity index (χ1) is 13.8. The number of nitrogens with zero attached hydrogens (tertiary/aromatic N) is 2. The molecule has 2 fully saturated rings. The largest absolute Gasteiger partial charge is 0.450 e. The molecule has 2 aliphatic rings. The zero-order valence-electron chi connectivity index (χ0n) is 16.3. The van der Waals surface area contributed by atoms with Crippen molar-refractivity contribution >= 4 is 23.8 Å². The van der Waals surface area contributed by atoms with Gasteiger partial charge < -0.3 is 25.4 Å². The van der Waals surface area contributed by atoms with E-state index in [0.29, 0.717) is 18.7 Å². The van der Waals surface area contributed by atoms with E-state index in [1.807, 2.05) is 12.1 Å². The molecule has 10 heteroatoms. The van der Waals surface area contributed by atoms with Crippen LogP contribution in [0.25, 0.3) is 0 Å². The molecule has 0 saturated carbocycles. The number of ether oxygens (including phenoxy) is 2. The number of primary amides is 1. The van der Waals surface area contributed by atoms with Gasteiger partial charge >= 0.3 is 12.2 Å². The number of amides is 3. The molecule has 1 aromatic carbocycles. The summed E-state index contributed by atoms with van der Waals surface area (Å²) in [5.74, 6) is -1.51. The third kappa shape index (κ3) is 4.36. The molecule has 1 aromatic rings. The second-order valence-electron chi connectivity index (χ2n) is 7.18. The van der Waals surface area contributed by atoms with E-state index < -0.39 is 36.2 Å². The molecule has 158 valence electrons. The van der Waals surface area contributed by atoms with Crippen molar-refractivity contribution in [3.05, 3.63) is 29.8 Å². The van der Waals surface area contributed by atoms with Crippen molar-refractivity contribution in [1.29, 1.82) is 0 Å². The van der Waals surface area contributed by atoms with Gasteiger partial charge in [-0.2, -0.15) is 0 Å². The molecule has 3 rings (SSSR count). The lowest BCUT2D eigenvalue weighted by Gasteiger charge is -2.23. The monoisotopic (exact) mass is 408 g/mol. The third-order valence-electron chi connectivity index (χ3n) is 5.29. The number of nitrogens with two attached hydrogens (primary N) is 1. The highest BCUT2D eigenvalue weighted by Crippen LogP contribution is 2.38. The lowest BCUT2D eigenvalue weighted by Crippen LogP contribution is -2.37. The quantitative estimate of drug-likeness (QED) is 0.695. The Labute approximate surface area is 167 Å². The van der Waals surface area contributed by atoms with Crippen LogP contribution < -0.4 is 16.0 Å². The Kier molecular flexibility index (Phi) is 6.09. The molecule has 9 nitrogen and oxygen atoms in total. The van der Waals surface area contributed by atoms with Crippen LogP contribution in [0, 0.1) is 5.92 Å². The third-order valence-corrected chi connectivity index (χ3v) is 5.29. The fraction of sp³-hybridized carbons (Fsp3) is 0.526. The normalized spacial score (nSPS) is 24.9. The molecule has 0 spiro atoms. The summed E-state index contributed by atoms with van der Waals surface area (Å²) in [6, 6.07) is 5.95. The smallest absolute Gasteiger partial charge is 0.439 e. The van der Waals surface area contributed by atoms with Gasteiger partial charge in [0, 0.05) is 18.8 Å². The number of anilines is 1. The zero-order chi connectivity index (χ0) is 21.1. The summed E-state index contributed by atoms with van der Waals surface area (Å²) in [7, 11) is 0. The minimum absolute atomic E-state index is 0.00569. The van der Waals surface area contributed by atoms with Crippen LogP contribution in [0.15, 0.2) is 24.3 Å². The van der Waals surface area contributed by atoms with Crippen molar-refractivity contribution in [2.24, 2.45) is 11.7 Å². The first-order valence-corrected chi connectivity index (χ1v) is 9.55. The van der Waals surface area contributed by atoms with E-state index in [1.165, 1.54) is 6.92 Å². The number of hydrogen-bond donors (Lipinski definition) is 2. The maximum absolute atomic E-state index is 14.3. The van der Waals surface area contributed by atoms with Crippen molar-refractivity contribution < 1.29 is 28.3 Å². The predicted molar refractivity (Wildman–Crippen MR) is 102 cm³/mol. The SMILES string of the molecule is CCOC(=O)NC1CCN(c2ccc(C3C(C(C)C(N)=O)OC(=O)N3F)cc2)C1. The van der Waals surface area contributed by atoms with Gasteiger partial charge in [0.25, 0.3) is 0 Å². The van der Waals surface area contributed by atoms with Crippen molar-refractivity contribution in [1.82, 2.24) is 10.4 Å². The van der Waals surface area contributed by atoms with Gasteiger partial charge in [0.2, 0.25) is 5.91 Å². The standard InChI is InChI=1S/C19H25FN4O5/c1-3-28-18(26)22-13-8-9-23(10-13)14-6-4-12(5-7-14)15-16(11(2)17(21)25)29-19(27)24(15)20/h4-7,11,13,15-16H,3,8-10H2,1-2H3,(H2,21,25)(H,22,26). The Bertz CT molecular complexity index is 774. The van der Waals surface area contributed by atoms with Crippen LogP contribution in [0.2, 0.25) is 0 Å². The summed E-state index contributed by atoms with van der Waals surface area (Å²) in [5, 5.41) is 2.81. The first-order valence-electron chi connectivity index (χ1n) is 9.55. The molecule has 2 heterocycles. The number of nitrogens with one attached hydrogen (secondary N) is 1. The molecule has 0 aliphatic carbocycles. The lowest BCUT2D eigenvalue weighted by atomic mass is 9.92. The molecule has 0 radical (unpaired) electrons. The molecule has 2 saturated heterocycles. The van der Waals surface area contributed by atoms with Crippen molar-refractivity contribution in [2.45, 2.75) is 38.5 Å². The average molecular weight is 408 g/mol. The minimum atomic E-state index is -1.13. The number of carbonyl (C=O) groups is 3. The molecule has 29 heavy (non-hydrogen) atoms. The van der Waals surface area contributed by atoms with E-state index in [9.17, 15) is 18.9 Å². The lowest BCUT2D eigenvalue weighted by molar-refractivity contribution is -0.124. The van der Waals surface area contributed by atoms with Crippen LogP contribution in [0.1, 0.15) is 31.9 Å². The van der Waals surface area contributed by atoms with Gasteiger partial charge in [0.15, 0.2) is 0 Å². The van der Waals surface area contributed by atoms with E-state index in [0.717, 1.165) is 18.7 Å². The number of cyclic esters (lactones) is 1. The van der Waals surface area contributed by atoms with Crippen LogP contribution in [0.3, 0.4) is 0 Å². The van der Waals surface area contributed by atoms with Gasteiger partial charge in [0.05, 0.1) is 18.6 Å². The van der Waals surface area contributed by atoms with Gasteiger partial charge in [0.1, 0.15) is 12.1 Å². The number of rotatable bonds is 6. The zero-order valence-corrected chi connectivity index (χ0v) is 16.3. The summed E-state index contributed by atoms with van der Waals surface area (Å²) in [6.07, 6.45) is -1.79. The van der Waals surface area contributed by atoms with Gasteiger partial charge in [-0.05, 0) is 38.0 Å². The Morgan fingerprint density at radius 1 is 1.38 bits per heavy atom. The molecule has 4 unspecified atom stereocenters. The van der Waals surface area contributed by atoms with Crippen LogP contribution >= 0.6 is 0 Å². The van der Waals surface area contributed by atoms with Crippen molar-refractivity contribution in [3.8, 4) is 0 Å². The Hall–Kier alpha value is -3.04. The molecule has 3 amide bonds. The van der Waals surface area contributed by atoms with E-state index >= 15 is 0 Å². The molecule has 0 aromatic heterocycles. The molecule has 0 bridgehead atoms. The molecular formula is C19H25FN4O5. The molecule has 4 atom stereocenters. The van der Waals surface area contributed by atoms with Gasteiger partial charge in [-0.1, -0.05) is 16.6 Å². The summed E-state index contributed by atoms with van der Waals surface area (Å²) in [4.78, 5) is 36.8. The second kappa shape index (κ2) is 8.54. The Balaban J connectivity index is 1.69. The highest BCUT2D eigenvalue weighted by molar-refractivity contribution is 5.79. The van der Waals surface area contributed by atoms with Crippen LogP contribution in [0.4, 0.5) is 19.8 Å². The fourth-order valence-corrected chi connectivity index (χ4v) is 3.67. The van der Waals surface area contributed by atoms with E-state index in [-0.39, 0.29) is 11.2 Å². The van der Waals surface area contributed by atoms with Crippen LogP contribution in [-0.2, 0) is 14.3 Å². The van der Waals surface area contributed by atoms with Crippen LogP contribution in [0.5, 0.6) is 0 Å². The van der Waals surface area contributed by atoms with Crippen molar-refractivity contribution in [2.75, 3.05) is 24.6 Å². The molecule has 3 N–H and O–H groups in total. The first kappa shape index (κ1) is 20.7. The predicted octanol–water partition coefficient (Wildman–Crippen LogP) is 1.88. The van der Waals surface area contributed by atoms with Gasteiger partial charge in [-0.25, -0.2) is 9.59 Å². The topological polar surface area (TPSA) is 114 Å². The van der Waals surface area contributed by atoms with E-state index in [1.54, 1.807) is 19.1 Å². The summed E-state index contributed by atoms with van der Waals surface area (Å²) >= 11 is 0. The number of carbonyl (C=O) groups excluding carboxylic acids is 3. The summed E-state index contributed by atoms with van der Waals surface area (Å²) in [6.45, 7) is 4.94. The second-order valence-corrected chi connectivity index (χ2v) is 7.18. The highest BCUT2D eigenvalue weighted by atomic mass is 19.2. The maximum Gasteiger partial charge on any atom is 0.439 e. The number of alkyl carbamates (subject to hydrolysis) is 1. The van der Waals surface area contributed by atoms with Crippen LogP contribution in [-0.4, -0.2) is 55.1 Å². The highest BCUT2D eigenvalue weighted by Gasteiger charge is 2.47.